The fraction of sp³-hybridized carbons (Fsp3) is 0.542. The Kier molecular flexibility index (Phi) is 8.68. The van der Waals surface area contributed by atoms with Crippen LogP contribution in [0.25, 0.3) is 10.9 Å². The first-order valence-electron chi connectivity index (χ1n) is 11.7. The van der Waals surface area contributed by atoms with Crippen molar-refractivity contribution in [2.45, 2.75) is 50.1 Å². The number of aliphatic hydroxyl groups is 2. The summed E-state index contributed by atoms with van der Waals surface area (Å²) in [6.45, 7) is 3.62. The summed E-state index contributed by atoms with van der Waals surface area (Å²) in [5, 5.41) is 29.2. The van der Waals surface area contributed by atoms with E-state index < -0.39 is 41.4 Å². The van der Waals surface area contributed by atoms with Crippen LogP contribution < -0.4 is 20.7 Å². The Morgan fingerprint density at radius 1 is 1.31 bits per heavy atom. The summed E-state index contributed by atoms with van der Waals surface area (Å²) in [4.78, 5) is 39.5. The molecule has 0 saturated carbocycles. The zero-order valence-electron chi connectivity index (χ0n) is 20.1. The van der Waals surface area contributed by atoms with E-state index in [4.69, 9.17) is 4.74 Å². The average molecular weight is 507 g/mol. The molecule has 11 heteroatoms. The number of thiol groups is 1. The predicted molar refractivity (Wildman–Crippen MR) is 134 cm³/mol. The number of H-pyrrole nitrogens is 1. The van der Waals surface area contributed by atoms with E-state index in [2.05, 4.69) is 33.6 Å². The van der Waals surface area contributed by atoms with Gasteiger partial charge in [0.25, 0.3) is 5.91 Å². The molecule has 1 aromatic heterocycles. The van der Waals surface area contributed by atoms with Crippen LogP contribution in [0.4, 0.5) is 0 Å². The first kappa shape index (κ1) is 26.8. The SMILES string of the molecule is COc1cccc2[nH]c(C(=O)N[C@@H](CC(C)C)C(=O)N[C@@H](C[C@H]3CCNC3=O)[C@@](O)(S)CO)cc12. The highest BCUT2D eigenvalue weighted by Crippen LogP contribution is 2.27. The first-order valence-corrected chi connectivity index (χ1v) is 12.1. The molecule has 1 aliphatic heterocycles. The lowest BCUT2D eigenvalue weighted by molar-refractivity contribution is -0.127. The Balaban J connectivity index is 1.78. The van der Waals surface area contributed by atoms with Gasteiger partial charge >= 0.3 is 0 Å². The number of hydrogen-bond acceptors (Lipinski definition) is 7. The monoisotopic (exact) mass is 506 g/mol. The molecule has 35 heavy (non-hydrogen) atoms. The van der Waals surface area contributed by atoms with Crippen molar-refractivity contribution in [1.29, 1.82) is 0 Å². The maximum Gasteiger partial charge on any atom is 0.268 e. The predicted octanol–water partition coefficient (Wildman–Crippen LogP) is 0.943. The van der Waals surface area contributed by atoms with Crippen molar-refractivity contribution in [3.63, 3.8) is 0 Å². The van der Waals surface area contributed by atoms with Crippen molar-refractivity contribution < 1.29 is 29.3 Å². The number of amides is 3. The molecule has 6 N–H and O–H groups in total. The van der Waals surface area contributed by atoms with E-state index in [1.165, 1.54) is 0 Å². The highest BCUT2D eigenvalue weighted by Gasteiger charge is 2.39. The van der Waals surface area contributed by atoms with Crippen molar-refractivity contribution in [2.75, 3.05) is 20.3 Å². The van der Waals surface area contributed by atoms with Crippen LogP contribution in [0.5, 0.6) is 5.75 Å². The first-order chi connectivity index (χ1) is 16.6. The molecule has 3 amide bonds. The number of aromatic amines is 1. The number of carbonyl (C=O) groups is 3. The summed E-state index contributed by atoms with van der Waals surface area (Å²) in [6, 6.07) is 5.14. The molecule has 0 radical (unpaired) electrons. The van der Waals surface area contributed by atoms with Gasteiger partial charge in [-0.15, -0.1) is 12.6 Å². The van der Waals surface area contributed by atoms with E-state index >= 15 is 0 Å². The average Bonchev–Trinajstić information content (AvgIpc) is 3.43. The smallest absolute Gasteiger partial charge is 0.268 e. The van der Waals surface area contributed by atoms with Crippen LogP contribution in [0.1, 0.15) is 43.6 Å². The zero-order chi connectivity index (χ0) is 25.8. The molecule has 10 nitrogen and oxygen atoms in total. The Morgan fingerprint density at radius 2 is 2.06 bits per heavy atom. The van der Waals surface area contributed by atoms with Crippen LogP contribution in [0.2, 0.25) is 0 Å². The van der Waals surface area contributed by atoms with Gasteiger partial charge in [-0.3, -0.25) is 14.4 Å². The normalized spacial score (nSPS) is 19.2. The van der Waals surface area contributed by atoms with Gasteiger partial charge in [-0.1, -0.05) is 19.9 Å². The van der Waals surface area contributed by atoms with Crippen LogP contribution >= 0.6 is 12.6 Å². The molecule has 0 aliphatic carbocycles. The molecule has 2 aromatic rings. The van der Waals surface area contributed by atoms with Gasteiger partial charge in [-0.05, 0) is 43.4 Å². The quantitative estimate of drug-likeness (QED) is 0.178. The largest absolute Gasteiger partial charge is 0.496 e. The molecule has 3 rings (SSSR count). The fourth-order valence-corrected chi connectivity index (χ4v) is 4.44. The maximum absolute atomic E-state index is 13.3. The number of rotatable bonds is 11. The van der Waals surface area contributed by atoms with Crippen LogP contribution in [-0.4, -0.2) is 70.2 Å². The molecule has 0 bridgehead atoms. The molecular formula is C24H34N4O6S. The van der Waals surface area contributed by atoms with Crippen molar-refractivity contribution in [3.8, 4) is 5.75 Å². The van der Waals surface area contributed by atoms with Gasteiger partial charge in [-0.2, -0.15) is 0 Å². The minimum absolute atomic E-state index is 0.0700. The van der Waals surface area contributed by atoms with E-state index in [-0.39, 0.29) is 23.9 Å². The number of nitrogens with one attached hydrogen (secondary N) is 4. The van der Waals surface area contributed by atoms with Gasteiger partial charge in [-0.25, -0.2) is 0 Å². The summed E-state index contributed by atoms with van der Waals surface area (Å²) in [7, 11) is 1.55. The number of carbonyl (C=O) groups excluding carboxylic acids is 3. The highest BCUT2D eigenvalue weighted by atomic mass is 32.1. The minimum Gasteiger partial charge on any atom is -0.496 e. The van der Waals surface area contributed by atoms with Crippen LogP contribution in [-0.2, 0) is 9.59 Å². The summed E-state index contributed by atoms with van der Waals surface area (Å²) in [5.41, 5.74) is 0.989. The summed E-state index contributed by atoms with van der Waals surface area (Å²) < 4.78 is 5.35. The molecule has 1 aliphatic rings. The molecular weight excluding hydrogens is 472 g/mol. The Labute approximate surface area is 209 Å². The van der Waals surface area contributed by atoms with Crippen molar-refractivity contribution in [2.24, 2.45) is 11.8 Å². The number of aliphatic hydroxyl groups excluding tert-OH is 1. The lowest BCUT2D eigenvalue weighted by atomic mass is 9.94. The number of hydrogen-bond donors (Lipinski definition) is 7. The molecule has 1 aromatic carbocycles. The van der Waals surface area contributed by atoms with Gasteiger partial charge in [0.15, 0.2) is 4.93 Å². The molecule has 4 atom stereocenters. The van der Waals surface area contributed by atoms with E-state index in [9.17, 15) is 24.6 Å². The standard InChI is InChI=1S/C24H34N4O6S/c1-13(2)9-17(27-22(31)18-11-15-16(26-18)5-4-6-19(15)34-3)23(32)28-20(24(33,35)12-29)10-14-7-8-25-21(14)30/h4-6,11,13-14,17,20,26,29,33,35H,7-10,12H2,1-3H3,(H,25,30)(H,27,31)(H,28,32)/t14-,17+,20+,24+/m1/s1. The summed E-state index contributed by atoms with van der Waals surface area (Å²) >= 11 is 4.13. The molecule has 0 unspecified atom stereocenters. The highest BCUT2D eigenvalue weighted by molar-refractivity contribution is 7.81. The van der Waals surface area contributed by atoms with E-state index in [1.54, 1.807) is 25.3 Å². The number of ether oxygens (including phenoxy) is 1. The van der Waals surface area contributed by atoms with Gasteiger partial charge in [0, 0.05) is 23.4 Å². The molecule has 0 spiro atoms. The van der Waals surface area contributed by atoms with E-state index in [0.717, 1.165) is 10.9 Å². The number of benzene rings is 1. The van der Waals surface area contributed by atoms with Crippen molar-refractivity contribution in [1.82, 2.24) is 20.9 Å². The van der Waals surface area contributed by atoms with Crippen LogP contribution in [0, 0.1) is 11.8 Å². The second-order valence-electron chi connectivity index (χ2n) is 9.37. The third-order valence-electron chi connectivity index (χ3n) is 6.21. The summed E-state index contributed by atoms with van der Waals surface area (Å²) in [6.07, 6.45) is 0.987. The second kappa shape index (κ2) is 11.3. The Bertz CT molecular complexity index is 1070. The zero-order valence-corrected chi connectivity index (χ0v) is 21.0. The molecule has 2 heterocycles. The number of aromatic nitrogens is 1. The minimum atomic E-state index is -1.95. The number of methoxy groups -OCH3 is 1. The maximum atomic E-state index is 13.3. The molecule has 1 saturated heterocycles. The van der Waals surface area contributed by atoms with Gasteiger partial charge in [0.05, 0.1) is 19.8 Å². The Morgan fingerprint density at radius 3 is 2.66 bits per heavy atom. The van der Waals surface area contributed by atoms with Crippen molar-refractivity contribution in [3.05, 3.63) is 30.0 Å². The lowest BCUT2D eigenvalue weighted by Crippen LogP contribution is -2.57. The lowest BCUT2D eigenvalue weighted by Gasteiger charge is -2.33. The fourth-order valence-electron chi connectivity index (χ4n) is 4.27. The molecule has 1 fully saturated rings. The third kappa shape index (κ3) is 6.47. The van der Waals surface area contributed by atoms with Crippen LogP contribution in [0.15, 0.2) is 24.3 Å². The van der Waals surface area contributed by atoms with E-state index in [1.807, 2.05) is 19.9 Å². The topological polar surface area (TPSA) is 153 Å². The van der Waals surface area contributed by atoms with E-state index in [0.29, 0.717) is 25.1 Å². The second-order valence-corrected chi connectivity index (χ2v) is 10.1. The van der Waals surface area contributed by atoms with Crippen LogP contribution in [0.3, 0.4) is 0 Å². The number of fused-ring (bicyclic) bond motifs is 1. The van der Waals surface area contributed by atoms with Crippen molar-refractivity contribution >= 4 is 41.3 Å². The van der Waals surface area contributed by atoms with Gasteiger partial charge < -0.3 is 35.9 Å². The van der Waals surface area contributed by atoms with Gasteiger partial charge in [0.1, 0.15) is 17.5 Å². The third-order valence-corrected chi connectivity index (χ3v) is 6.66. The molecule has 192 valence electrons. The summed E-state index contributed by atoms with van der Waals surface area (Å²) in [5.74, 6) is -0.924. The van der Waals surface area contributed by atoms with Gasteiger partial charge in [0.2, 0.25) is 11.8 Å². The Hall–Kier alpha value is -2.76.